The van der Waals surface area contributed by atoms with Crippen molar-refractivity contribution < 1.29 is 14.4 Å². The Morgan fingerprint density at radius 2 is 1.57 bits per heavy atom. The van der Waals surface area contributed by atoms with Gasteiger partial charge in [0, 0.05) is 30.1 Å². The lowest BCUT2D eigenvalue weighted by Gasteiger charge is -2.27. The van der Waals surface area contributed by atoms with Crippen molar-refractivity contribution in [2.45, 2.75) is 18.4 Å². The number of urea groups is 1. The Kier molecular flexibility index (Phi) is 6.06. The highest BCUT2D eigenvalue weighted by atomic mass is 16.2. The summed E-state index contributed by atoms with van der Waals surface area (Å²) >= 11 is 0. The van der Waals surface area contributed by atoms with Crippen LogP contribution in [0, 0.1) is 0 Å². The first kappa shape index (κ1) is 22.4. The maximum atomic E-state index is 13.6. The van der Waals surface area contributed by atoms with Gasteiger partial charge in [0.25, 0.3) is 5.91 Å². The summed E-state index contributed by atoms with van der Waals surface area (Å²) in [5.41, 5.74) is 2.48. The molecule has 1 saturated heterocycles. The van der Waals surface area contributed by atoms with Crippen molar-refractivity contribution in [1.82, 2.24) is 20.5 Å². The van der Waals surface area contributed by atoms with E-state index in [1.165, 1.54) is 0 Å². The fraction of sp³-hybridized carbons (Fsp3) is 0.179. The van der Waals surface area contributed by atoms with Gasteiger partial charge < -0.3 is 15.6 Å². The summed E-state index contributed by atoms with van der Waals surface area (Å²) in [4.78, 5) is 43.5. The van der Waals surface area contributed by atoms with Gasteiger partial charge in [0.15, 0.2) is 5.54 Å². The SMILES string of the molecule is O=C(CN1C(=O)NC(Cc2ccccc2)(c2ccccc2)C1=O)NCCc1c[nH]c2ccccc12. The van der Waals surface area contributed by atoms with Crippen LogP contribution in [-0.4, -0.2) is 40.8 Å². The number of nitrogens with zero attached hydrogens (tertiary/aromatic N) is 1. The number of rotatable bonds is 8. The van der Waals surface area contributed by atoms with Gasteiger partial charge in [-0.15, -0.1) is 0 Å². The summed E-state index contributed by atoms with van der Waals surface area (Å²) in [5.74, 6) is -0.804. The van der Waals surface area contributed by atoms with Crippen molar-refractivity contribution in [2.24, 2.45) is 0 Å². The first-order valence-electron chi connectivity index (χ1n) is 11.6. The van der Waals surface area contributed by atoms with E-state index in [4.69, 9.17) is 0 Å². The third-order valence-electron chi connectivity index (χ3n) is 6.45. The molecule has 1 fully saturated rings. The molecule has 0 spiro atoms. The maximum absolute atomic E-state index is 13.6. The predicted molar refractivity (Wildman–Crippen MR) is 134 cm³/mol. The van der Waals surface area contributed by atoms with Crippen LogP contribution in [0.3, 0.4) is 0 Å². The number of carbonyl (C=O) groups excluding carboxylic acids is 3. The molecule has 3 aromatic carbocycles. The van der Waals surface area contributed by atoms with E-state index in [0.717, 1.165) is 26.9 Å². The summed E-state index contributed by atoms with van der Waals surface area (Å²) in [6.07, 6.45) is 2.87. The number of aromatic amines is 1. The molecule has 4 aromatic rings. The van der Waals surface area contributed by atoms with Crippen LogP contribution < -0.4 is 10.6 Å². The van der Waals surface area contributed by atoms with Crippen LogP contribution >= 0.6 is 0 Å². The number of fused-ring (bicyclic) bond motifs is 1. The lowest BCUT2D eigenvalue weighted by atomic mass is 9.83. The van der Waals surface area contributed by atoms with Gasteiger partial charge in [0.05, 0.1) is 0 Å². The zero-order chi connectivity index (χ0) is 24.3. The molecule has 4 amide bonds. The lowest BCUT2D eigenvalue weighted by Crippen LogP contribution is -2.47. The standard InChI is InChI=1S/C28H26N4O3/c33-25(29-16-15-21-18-30-24-14-8-7-13-23(21)24)19-32-26(34)28(31-27(32)35,22-11-5-2-6-12-22)17-20-9-3-1-4-10-20/h1-14,18,30H,15-17,19H2,(H,29,33)(H,31,35). The minimum atomic E-state index is -1.26. The highest BCUT2D eigenvalue weighted by Crippen LogP contribution is 2.33. The number of para-hydroxylation sites is 1. The number of amides is 4. The van der Waals surface area contributed by atoms with Gasteiger partial charge in [-0.1, -0.05) is 78.9 Å². The molecule has 1 atom stereocenters. The summed E-state index contributed by atoms with van der Waals surface area (Å²) in [6.45, 7) is 0.0695. The molecule has 0 bridgehead atoms. The molecule has 35 heavy (non-hydrogen) atoms. The molecule has 0 saturated carbocycles. The van der Waals surface area contributed by atoms with E-state index in [1.54, 1.807) is 0 Å². The number of imide groups is 1. The number of hydrogen-bond donors (Lipinski definition) is 3. The van der Waals surface area contributed by atoms with Crippen LogP contribution in [0.5, 0.6) is 0 Å². The molecule has 3 N–H and O–H groups in total. The van der Waals surface area contributed by atoms with Crippen LogP contribution in [0.1, 0.15) is 16.7 Å². The highest BCUT2D eigenvalue weighted by molar-refractivity contribution is 6.09. The average Bonchev–Trinajstić information content (AvgIpc) is 3.40. The number of aromatic nitrogens is 1. The van der Waals surface area contributed by atoms with Crippen molar-refractivity contribution in [3.8, 4) is 0 Å². The van der Waals surface area contributed by atoms with Crippen molar-refractivity contribution in [1.29, 1.82) is 0 Å². The second-order valence-corrected chi connectivity index (χ2v) is 8.71. The summed E-state index contributed by atoms with van der Waals surface area (Å²) in [5, 5.41) is 6.85. The van der Waals surface area contributed by atoms with E-state index >= 15 is 0 Å². The van der Waals surface area contributed by atoms with E-state index in [0.29, 0.717) is 24.9 Å². The summed E-state index contributed by atoms with van der Waals surface area (Å²) in [6, 6.07) is 26.1. The van der Waals surface area contributed by atoms with Gasteiger partial charge in [0.1, 0.15) is 6.54 Å². The maximum Gasteiger partial charge on any atom is 0.325 e. The molecular formula is C28H26N4O3. The molecule has 1 unspecified atom stereocenters. The van der Waals surface area contributed by atoms with Crippen LogP contribution in [-0.2, 0) is 28.0 Å². The van der Waals surface area contributed by atoms with Crippen LogP contribution in [0.4, 0.5) is 4.79 Å². The molecule has 1 aromatic heterocycles. The smallest absolute Gasteiger partial charge is 0.325 e. The van der Waals surface area contributed by atoms with Crippen LogP contribution in [0.2, 0.25) is 0 Å². The first-order valence-corrected chi connectivity index (χ1v) is 11.6. The van der Waals surface area contributed by atoms with Crippen molar-refractivity contribution in [3.63, 3.8) is 0 Å². The third-order valence-corrected chi connectivity index (χ3v) is 6.45. The van der Waals surface area contributed by atoms with E-state index in [2.05, 4.69) is 15.6 Å². The molecule has 7 nitrogen and oxygen atoms in total. The summed E-state index contributed by atoms with van der Waals surface area (Å²) in [7, 11) is 0. The molecule has 5 rings (SSSR count). The van der Waals surface area contributed by atoms with Gasteiger partial charge >= 0.3 is 6.03 Å². The van der Waals surface area contributed by atoms with Crippen molar-refractivity contribution in [3.05, 3.63) is 108 Å². The zero-order valence-electron chi connectivity index (χ0n) is 19.2. The highest BCUT2D eigenvalue weighted by Gasteiger charge is 2.52. The number of H-pyrrole nitrogens is 1. The first-order chi connectivity index (χ1) is 17.1. The topological polar surface area (TPSA) is 94.3 Å². The van der Waals surface area contributed by atoms with E-state index in [9.17, 15) is 14.4 Å². The monoisotopic (exact) mass is 466 g/mol. The molecule has 2 heterocycles. The Labute approximate surface area is 203 Å². The molecular weight excluding hydrogens is 440 g/mol. The Morgan fingerprint density at radius 3 is 2.34 bits per heavy atom. The normalized spacial score (nSPS) is 17.5. The fourth-order valence-corrected chi connectivity index (χ4v) is 4.69. The average molecular weight is 467 g/mol. The molecule has 7 heteroatoms. The van der Waals surface area contributed by atoms with Crippen LogP contribution in [0.15, 0.2) is 91.1 Å². The van der Waals surface area contributed by atoms with Crippen molar-refractivity contribution in [2.75, 3.05) is 13.1 Å². The lowest BCUT2D eigenvalue weighted by molar-refractivity contribution is -0.135. The van der Waals surface area contributed by atoms with Gasteiger partial charge in [-0.2, -0.15) is 0 Å². The Balaban J connectivity index is 1.28. The van der Waals surface area contributed by atoms with Crippen LogP contribution in [0.25, 0.3) is 10.9 Å². The van der Waals surface area contributed by atoms with Crippen molar-refractivity contribution >= 4 is 28.7 Å². The number of carbonyl (C=O) groups is 3. The largest absolute Gasteiger partial charge is 0.361 e. The van der Waals surface area contributed by atoms with E-state index in [1.807, 2.05) is 91.1 Å². The Morgan fingerprint density at radius 1 is 0.886 bits per heavy atom. The molecule has 0 radical (unpaired) electrons. The van der Waals surface area contributed by atoms with Gasteiger partial charge in [-0.05, 0) is 29.2 Å². The van der Waals surface area contributed by atoms with Gasteiger partial charge in [-0.25, -0.2) is 4.79 Å². The molecule has 0 aliphatic carbocycles. The molecule has 1 aliphatic heterocycles. The van der Waals surface area contributed by atoms with E-state index < -0.39 is 17.5 Å². The number of hydrogen-bond acceptors (Lipinski definition) is 3. The molecule has 1 aliphatic rings. The third kappa shape index (κ3) is 4.40. The predicted octanol–water partition coefficient (Wildman–Crippen LogP) is 3.52. The van der Waals surface area contributed by atoms with Gasteiger partial charge in [0.2, 0.25) is 5.91 Å². The Hall–Kier alpha value is -4.39. The Bertz CT molecular complexity index is 1370. The number of nitrogens with one attached hydrogen (secondary N) is 3. The van der Waals surface area contributed by atoms with E-state index in [-0.39, 0.29) is 12.5 Å². The summed E-state index contributed by atoms with van der Waals surface area (Å²) < 4.78 is 0. The fourth-order valence-electron chi connectivity index (χ4n) is 4.69. The zero-order valence-corrected chi connectivity index (χ0v) is 19.2. The second-order valence-electron chi connectivity index (χ2n) is 8.71. The minimum Gasteiger partial charge on any atom is -0.361 e. The quantitative estimate of drug-likeness (QED) is 0.347. The van der Waals surface area contributed by atoms with Gasteiger partial charge in [-0.3, -0.25) is 14.5 Å². The second kappa shape index (κ2) is 9.46. The molecule has 176 valence electrons. The minimum absolute atomic E-state index is 0.293. The number of benzene rings is 3.